The van der Waals surface area contributed by atoms with Gasteiger partial charge in [-0.15, -0.1) is 11.3 Å². The number of amides is 2. The van der Waals surface area contributed by atoms with Crippen LogP contribution < -0.4 is 10.6 Å². The summed E-state index contributed by atoms with van der Waals surface area (Å²) in [4.78, 5) is 34.5. The summed E-state index contributed by atoms with van der Waals surface area (Å²) in [7, 11) is 1.29. The Morgan fingerprint density at radius 3 is 2.95 bits per heavy atom. The lowest BCUT2D eigenvalue weighted by Crippen LogP contribution is -2.28. The summed E-state index contributed by atoms with van der Waals surface area (Å²) in [5.74, 6) is -0.157. The molecule has 20 heavy (non-hydrogen) atoms. The fourth-order valence-electron chi connectivity index (χ4n) is 1.27. The second kappa shape index (κ2) is 6.57. The number of esters is 1. The predicted molar refractivity (Wildman–Crippen MR) is 71.3 cm³/mol. The molecule has 0 bridgehead atoms. The van der Waals surface area contributed by atoms with Crippen molar-refractivity contribution in [2.45, 2.75) is 6.54 Å². The summed E-state index contributed by atoms with van der Waals surface area (Å²) < 4.78 is 4.54. The predicted octanol–water partition coefficient (Wildman–Crippen LogP) is 1.04. The highest BCUT2D eigenvalue weighted by Crippen LogP contribution is 2.10. The molecule has 104 valence electrons. The van der Waals surface area contributed by atoms with Crippen LogP contribution in [0.5, 0.6) is 0 Å². The van der Waals surface area contributed by atoms with Gasteiger partial charge in [-0.1, -0.05) is 0 Å². The Hall–Kier alpha value is -2.55. The number of anilines is 1. The molecule has 0 aliphatic heterocycles. The van der Waals surface area contributed by atoms with Gasteiger partial charge in [0.1, 0.15) is 5.01 Å². The number of nitrogens with zero attached hydrogens (tertiary/aromatic N) is 3. The van der Waals surface area contributed by atoms with Gasteiger partial charge < -0.3 is 10.1 Å². The Kier molecular flexibility index (Phi) is 4.56. The molecular formula is C11H11N5O3S. The summed E-state index contributed by atoms with van der Waals surface area (Å²) in [6, 6.07) is -0.430. The first kappa shape index (κ1) is 13.9. The van der Waals surface area contributed by atoms with Crippen LogP contribution in [0.3, 0.4) is 0 Å². The van der Waals surface area contributed by atoms with Crippen LogP contribution in [-0.4, -0.2) is 34.1 Å². The highest BCUT2D eigenvalue weighted by atomic mass is 32.1. The zero-order valence-electron chi connectivity index (χ0n) is 10.5. The number of carbonyl (C=O) groups excluding carboxylic acids is 2. The maximum atomic E-state index is 11.6. The molecule has 0 unspecified atom stereocenters. The van der Waals surface area contributed by atoms with E-state index in [0.29, 0.717) is 10.8 Å². The van der Waals surface area contributed by atoms with Gasteiger partial charge in [-0.05, 0) is 0 Å². The van der Waals surface area contributed by atoms with Crippen LogP contribution in [-0.2, 0) is 11.3 Å². The first-order chi connectivity index (χ1) is 9.69. The Bertz CT molecular complexity index is 601. The third-order valence-corrected chi connectivity index (χ3v) is 3.00. The molecule has 2 rings (SSSR count). The minimum Gasteiger partial charge on any atom is -0.464 e. The molecule has 0 aliphatic rings. The number of methoxy groups -OCH3 is 1. The van der Waals surface area contributed by atoms with Crippen LogP contribution >= 0.6 is 11.3 Å². The normalized spacial score (nSPS) is 9.85. The molecule has 2 aromatic heterocycles. The van der Waals surface area contributed by atoms with E-state index in [1.54, 1.807) is 5.38 Å². The van der Waals surface area contributed by atoms with Crippen LogP contribution in [0.25, 0.3) is 0 Å². The molecule has 0 aliphatic carbocycles. The highest BCUT2D eigenvalue weighted by molar-refractivity contribution is 7.09. The molecule has 2 heterocycles. The van der Waals surface area contributed by atoms with E-state index in [2.05, 4.69) is 30.3 Å². The van der Waals surface area contributed by atoms with Crippen molar-refractivity contribution in [3.63, 3.8) is 0 Å². The number of nitrogens with one attached hydrogen (secondary N) is 2. The maximum Gasteiger partial charge on any atom is 0.357 e. The molecular weight excluding hydrogens is 282 g/mol. The van der Waals surface area contributed by atoms with Gasteiger partial charge in [0, 0.05) is 17.8 Å². The van der Waals surface area contributed by atoms with E-state index in [1.807, 2.05) is 0 Å². The lowest BCUT2D eigenvalue weighted by molar-refractivity contribution is 0.0594. The molecule has 0 atom stereocenters. The van der Waals surface area contributed by atoms with Crippen LogP contribution in [0.4, 0.5) is 10.6 Å². The lowest BCUT2D eigenvalue weighted by Gasteiger charge is -2.04. The van der Waals surface area contributed by atoms with E-state index in [9.17, 15) is 9.59 Å². The first-order valence-corrected chi connectivity index (χ1v) is 6.40. The fraction of sp³-hybridized carbons (Fsp3) is 0.182. The van der Waals surface area contributed by atoms with Crippen molar-refractivity contribution in [2.24, 2.45) is 0 Å². The smallest absolute Gasteiger partial charge is 0.357 e. The summed E-state index contributed by atoms with van der Waals surface area (Å²) in [6.07, 6.45) is 4.41. The summed E-state index contributed by atoms with van der Waals surface area (Å²) >= 11 is 1.26. The summed E-state index contributed by atoms with van der Waals surface area (Å²) in [5, 5.41) is 7.28. The van der Waals surface area contributed by atoms with Crippen molar-refractivity contribution < 1.29 is 14.3 Å². The van der Waals surface area contributed by atoms with Crippen molar-refractivity contribution in [1.29, 1.82) is 0 Å². The van der Waals surface area contributed by atoms with Crippen molar-refractivity contribution in [2.75, 3.05) is 12.4 Å². The average Bonchev–Trinajstić information content (AvgIpc) is 2.94. The number of carbonyl (C=O) groups is 2. The van der Waals surface area contributed by atoms with Gasteiger partial charge in [0.2, 0.25) is 0 Å². The van der Waals surface area contributed by atoms with Crippen molar-refractivity contribution in [1.82, 2.24) is 20.3 Å². The fourth-order valence-corrected chi connectivity index (χ4v) is 1.97. The van der Waals surface area contributed by atoms with Gasteiger partial charge in [0.15, 0.2) is 11.5 Å². The van der Waals surface area contributed by atoms with Gasteiger partial charge in [-0.25, -0.2) is 19.6 Å². The quantitative estimate of drug-likeness (QED) is 0.816. The second-order valence-corrected chi connectivity index (χ2v) is 4.46. The zero-order valence-corrected chi connectivity index (χ0v) is 11.3. The molecule has 2 aromatic rings. The number of rotatable bonds is 4. The molecule has 0 saturated heterocycles. The van der Waals surface area contributed by atoms with Crippen LogP contribution in [0.15, 0.2) is 24.0 Å². The number of hydrogen-bond donors (Lipinski definition) is 2. The Balaban J connectivity index is 1.84. The van der Waals surface area contributed by atoms with Crippen LogP contribution in [0.2, 0.25) is 0 Å². The van der Waals surface area contributed by atoms with Crippen molar-refractivity contribution in [3.8, 4) is 0 Å². The van der Waals surface area contributed by atoms with E-state index in [4.69, 9.17) is 0 Å². The zero-order chi connectivity index (χ0) is 14.4. The lowest BCUT2D eigenvalue weighted by atomic mass is 10.5. The molecule has 8 nitrogen and oxygen atoms in total. The Morgan fingerprint density at radius 1 is 1.40 bits per heavy atom. The van der Waals surface area contributed by atoms with Gasteiger partial charge >= 0.3 is 12.0 Å². The first-order valence-electron chi connectivity index (χ1n) is 5.52. The van der Waals surface area contributed by atoms with Crippen LogP contribution in [0.1, 0.15) is 15.5 Å². The summed E-state index contributed by atoms with van der Waals surface area (Å²) in [6.45, 7) is 0.202. The molecule has 0 aromatic carbocycles. The molecule has 0 saturated carbocycles. The monoisotopic (exact) mass is 293 g/mol. The number of aromatic nitrogens is 3. The third kappa shape index (κ3) is 3.72. The molecule has 0 spiro atoms. The maximum absolute atomic E-state index is 11.6. The minimum atomic E-state index is -0.503. The number of ether oxygens (including phenoxy) is 1. The average molecular weight is 293 g/mol. The Labute approximate surface area is 118 Å². The summed E-state index contributed by atoms with van der Waals surface area (Å²) in [5.41, 5.74) is 0.226. The molecule has 2 amide bonds. The number of urea groups is 1. The third-order valence-electron chi connectivity index (χ3n) is 2.15. The largest absolute Gasteiger partial charge is 0.464 e. The highest BCUT2D eigenvalue weighted by Gasteiger charge is 2.11. The molecule has 0 fully saturated rings. The topological polar surface area (TPSA) is 106 Å². The van der Waals surface area contributed by atoms with Gasteiger partial charge in [0.05, 0.1) is 19.9 Å². The van der Waals surface area contributed by atoms with Crippen molar-refractivity contribution >= 4 is 29.2 Å². The van der Waals surface area contributed by atoms with E-state index < -0.39 is 12.0 Å². The van der Waals surface area contributed by atoms with Gasteiger partial charge in [0.25, 0.3) is 0 Å². The molecule has 0 radical (unpaired) electrons. The molecule has 9 heteroatoms. The van der Waals surface area contributed by atoms with E-state index in [1.165, 1.54) is 37.0 Å². The molecule has 2 N–H and O–H groups in total. The van der Waals surface area contributed by atoms with Crippen molar-refractivity contribution in [3.05, 3.63) is 34.7 Å². The minimum absolute atomic E-state index is 0.202. The van der Waals surface area contributed by atoms with E-state index >= 15 is 0 Å². The second-order valence-electron chi connectivity index (χ2n) is 3.52. The Morgan fingerprint density at radius 2 is 2.25 bits per heavy atom. The van der Waals surface area contributed by atoms with E-state index in [0.717, 1.165) is 0 Å². The number of hydrogen-bond acceptors (Lipinski definition) is 7. The van der Waals surface area contributed by atoms with E-state index in [-0.39, 0.29) is 12.2 Å². The number of thiazole rings is 1. The standard InChI is InChI=1S/C11H11N5O3S/c1-19-10(17)7-6-20-9(15-7)5-14-11(18)16-8-4-12-2-3-13-8/h2-4,6H,5H2,1H3,(H2,13,14,16,18). The van der Waals surface area contributed by atoms with Gasteiger partial charge in [-0.3, -0.25) is 10.3 Å². The van der Waals surface area contributed by atoms with Gasteiger partial charge in [-0.2, -0.15) is 0 Å². The SMILES string of the molecule is COC(=O)c1csc(CNC(=O)Nc2cnccn2)n1. The van der Waals surface area contributed by atoms with Crippen LogP contribution in [0, 0.1) is 0 Å².